The number of aromatic hydroxyl groups is 1. The topological polar surface area (TPSA) is 92.9 Å². The van der Waals surface area contributed by atoms with Crippen LogP contribution in [0.4, 0.5) is 0 Å². The van der Waals surface area contributed by atoms with Crippen molar-refractivity contribution in [3.05, 3.63) is 66.0 Å². The van der Waals surface area contributed by atoms with Gasteiger partial charge in [-0.25, -0.2) is 9.67 Å². The molecule has 1 heterocycles. The van der Waals surface area contributed by atoms with E-state index < -0.39 is 0 Å². The highest BCUT2D eigenvalue weighted by Gasteiger charge is 2.12. The first-order valence-corrected chi connectivity index (χ1v) is 10.1. The molecular weight excluding hydrogens is 394 g/mol. The maximum Gasteiger partial charge on any atom is 0.200 e. The van der Waals surface area contributed by atoms with Crippen LogP contribution < -0.4 is 20.1 Å². The SMILES string of the molecule is CCNC(=NCc1cc(OC)c(O)c(OC)c1)NC(C)c1cccc(-n2cccn2)c1. The van der Waals surface area contributed by atoms with Crippen LogP contribution in [-0.4, -0.2) is 41.6 Å². The Balaban J connectivity index is 1.77. The van der Waals surface area contributed by atoms with Gasteiger partial charge in [0.2, 0.25) is 5.75 Å². The lowest BCUT2D eigenvalue weighted by Gasteiger charge is -2.19. The number of nitrogens with one attached hydrogen (secondary N) is 2. The summed E-state index contributed by atoms with van der Waals surface area (Å²) in [5.74, 6) is 1.37. The van der Waals surface area contributed by atoms with E-state index in [1.165, 1.54) is 14.2 Å². The van der Waals surface area contributed by atoms with Crippen molar-refractivity contribution in [1.82, 2.24) is 20.4 Å². The van der Waals surface area contributed by atoms with Crippen molar-refractivity contribution in [2.45, 2.75) is 26.4 Å². The van der Waals surface area contributed by atoms with Crippen molar-refractivity contribution in [2.75, 3.05) is 20.8 Å². The summed E-state index contributed by atoms with van der Waals surface area (Å²) in [5, 5.41) is 21.1. The number of phenols is 1. The van der Waals surface area contributed by atoms with Gasteiger partial charge < -0.3 is 25.2 Å². The summed E-state index contributed by atoms with van der Waals surface area (Å²) >= 11 is 0. The highest BCUT2D eigenvalue weighted by atomic mass is 16.5. The fourth-order valence-electron chi connectivity index (χ4n) is 3.18. The fraction of sp³-hybridized carbons (Fsp3) is 0.304. The van der Waals surface area contributed by atoms with Crippen molar-refractivity contribution >= 4 is 5.96 Å². The van der Waals surface area contributed by atoms with Crippen LogP contribution >= 0.6 is 0 Å². The Morgan fingerprint density at radius 1 is 1.16 bits per heavy atom. The second-order valence-electron chi connectivity index (χ2n) is 6.96. The van der Waals surface area contributed by atoms with Crippen LogP contribution in [0, 0.1) is 0 Å². The predicted molar refractivity (Wildman–Crippen MR) is 121 cm³/mol. The molecule has 3 aromatic rings. The van der Waals surface area contributed by atoms with Crippen molar-refractivity contribution in [1.29, 1.82) is 0 Å². The zero-order valence-electron chi connectivity index (χ0n) is 18.3. The molecule has 0 aliphatic carbocycles. The van der Waals surface area contributed by atoms with Crippen LogP contribution in [0.3, 0.4) is 0 Å². The number of phenolic OH excluding ortho intramolecular Hbond substituents is 1. The normalized spacial score (nSPS) is 12.3. The number of hydrogen-bond acceptors (Lipinski definition) is 5. The minimum Gasteiger partial charge on any atom is -0.502 e. The number of methoxy groups -OCH3 is 2. The molecule has 8 nitrogen and oxygen atoms in total. The van der Waals surface area contributed by atoms with E-state index >= 15 is 0 Å². The lowest BCUT2D eigenvalue weighted by atomic mass is 10.1. The van der Waals surface area contributed by atoms with E-state index in [1.807, 2.05) is 36.0 Å². The first-order chi connectivity index (χ1) is 15.0. The van der Waals surface area contributed by atoms with Gasteiger partial charge in [0.1, 0.15) is 0 Å². The molecule has 3 N–H and O–H groups in total. The third-order valence-corrected chi connectivity index (χ3v) is 4.80. The van der Waals surface area contributed by atoms with E-state index in [-0.39, 0.29) is 11.8 Å². The highest BCUT2D eigenvalue weighted by molar-refractivity contribution is 5.80. The van der Waals surface area contributed by atoms with Gasteiger partial charge in [-0.1, -0.05) is 12.1 Å². The quantitative estimate of drug-likeness (QED) is 0.380. The number of nitrogens with zero attached hydrogens (tertiary/aromatic N) is 3. The molecule has 1 unspecified atom stereocenters. The van der Waals surface area contributed by atoms with Gasteiger partial charge in [-0.2, -0.15) is 5.10 Å². The molecule has 0 saturated heterocycles. The summed E-state index contributed by atoms with van der Waals surface area (Å²) in [6.45, 7) is 5.23. The molecule has 0 spiro atoms. The van der Waals surface area contributed by atoms with Crippen molar-refractivity contribution in [2.24, 2.45) is 4.99 Å². The van der Waals surface area contributed by atoms with Gasteiger partial charge in [0.05, 0.1) is 32.5 Å². The Hall–Kier alpha value is -3.68. The molecule has 3 rings (SSSR count). The number of benzene rings is 2. The average molecular weight is 424 g/mol. The summed E-state index contributed by atoms with van der Waals surface area (Å²) in [6, 6.07) is 13.6. The number of rotatable bonds is 8. The summed E-state index contributed by atoms with van der Waals surface area (Å²) in [7, 11) is 3.01. The van der Waals surface area contributed by atoms with Crippen LogP contribution in [0.25, 0.3) is 5.69 Å². The van der Waals surface area contributed by atoms with Crippen molar-refractivity contribution in [3.8, 4) is 22.9 Å². The summed E-state index contributed by atoms with van der Waals surface area (Å²) in [6.07, 6.45) is 3.68. The lowest BCUT2D eigenvalue weighted by molar-refractivity contribution is 0.339. The monoisotopic (exact) mass is 423 g/mol. The van der Waals surface area contributed by atoms with Gasteiger partial charge >= 0.3 is 0 Å². The Morgan fingerprint density at radius 3 is 2.52 bits per heavy atom. The standard InChI is InChI=1S/C23H29N5O3/c1-5-24-23(25-15-17-12-20(30-3)22(29)21(13-17)31-4)27-16(2)18-8-6-9-19(14-18)28-11-7-10-26-28/h6-14,16,29H,5,15H2,1-4H3,(H2,24,25,27). The summed E-state index contributed by atoms with van der Waals surface area (Å²) in [5.41, 5.74) is 2.98. The molecule has 0 aliphatic heterocycles. The fourth-order valence-corrected chi connectivity index (χ4v) is 3.18. The second kappa shape index (κ2) is 10.4. The van der Waals surface area contributed by atoms with E-state index in [9.17, 15) is 5.11 Å². The predicted octanol–water partition coefficient (Wildman–Crippen LogP) is 3.41. The molecule has 164 valence electrons. The molecule has 8 heteroatoms. The van der Waals surface area contributed by atoms with Gasteiger partial charge in [-0.3, -0.25) is 0 Å². The summed E-state index contributed by atoms with van der Waals surface area (Å²) in [4.78, 5) is 4.69. The molecule has 0 fully saturated rings. The van der Waals surface area contributed by atoms with Crippen LogP contribution in [-0.2, 0) is 6.54 Å². The van der Waals surface area contributed by atoms with Crippen LogP contribution in [0.5, 0.6) is 17.2 Å². The van der Waals surface area contributed by atoms with E-state index in [0.717, 1.165) is 23.4 Å². The Bertz CT molecular complexity index is 993. The van der Waals surface area contributed by atoms with E-state index in [0.29, 0.717) is 24.0 Å². The first-order valence-electron chi connectivity index (χ1n) is 10.1. The molecule has 0 aliphatic rings. The van der Waals surface area contributed by atoms with E-state index in [4.69, 9.17) is 9.47 Å². The molecule has 0 bridgehead atoms. The van der Waals surface area contributed by atoms with Gasteiger partial charge in [0.15, 0.2) is 17.5 Å². The largest absolute Gasteiger partial charge is 0.502 e. The third-order valence-electron chi connectivity index (χ3n) is 4.80. The number of ether oxygens (including phenoxy) is 2. The van der Waals surface area contributed by atoms with Gasteiger partial charge in [0, 0.05) is 18.9 Å². The molecular formula is C23H29N5O3. The Kier molecular flexibility index (Phi) is 7.37. The zero-order chi connectivity index (χ0) is 22.2. The van der Waals surface area contributed by atoms with Crippen molar-refractivity contribution < 1.29 is 14.6 Å². The van der Waals surface area contributed by atoms with Crippen LogP contribution in [0.1, 0.15) is 31.0 Å². The van der Waals surface area contributed by atoms with Crippen molar-refractivity contribution in [3.63, 3.8) is 0 Å². The molecule has 1 atom stereocenters. The lowest BCUT2D eigenvalue weighted by Crippen LogP contribution is -2.38. The minimum absolute atomic E-state index is 0.0200. The van der Waals surface area contributed by atoms with Gasteiger partial charge in [-0.15, -0.1) is 0 Å². The Labute approximate surface area is 182 Å². The molecule has 0 saturated carbocycles. The number of guanidine groups is 1. The minimum atomic E-state index is -0.0200. The zero-order valence-corrected chi connectivity index (χ0v) is 18.3. The third kappa shape index (κ3) is 5.48. The van der Waals surface area contributed by atoms with E-state index in [1.54, 1.807) is 18.3 Å². The molecule has 1 aromatic heterocycles. The average Bonchev–Trinajstić information content (AvgIpc) is 3.33. The number of aromatic nitrogens is 2. The smallest absolute Gasteiger partial charge is 0.200 e. The van der Waals surface area contributed by atoms with Gasteiger partial charge in [-0.05, 0) is 55.3 Å². The van der Waals surface area contributed by atoms with Gasteiger partial charge in [0.25, 0.3) is 0 Å². The molecule has 0 radical (unpaired) electrons. The van der Waals surface area contributed by atoms with Crippen LogP contribution in [0.2, 0.25) is 0 Å². The molecule has 31 heavy (non-hydrogen) atoms. The first kappa shape index (κ1) is 22.0. The van der Waals surface area contributed by atoms with Crippen LogP contribution in [0.15, 0.2) is 59.9 Å². The number of aliphatic imine (C=N–C) groups is 1. The maximum atomic E-state index is 10.1. The van der Waals surface area contributed by atoms with E-state index in [2.05, 4.69) is 39.8 Å². The maximum absolute atomic E-state index is 10.1. The molecule has 2 aromatic carbocycles. The number of hydrogen-bond donors (Lipinski definition) is 3. The highest BCUT2D eigenvalue weighted by Crippen LogP contribution is 2.37. The summed E-state index contributed by atoms with van der Waals surface area (Å²) < 4.78 is 12.3. The second-order valence-corrected chi connectivity index (χ2v) is 6.96. The molecule has 0 amide bonds. The Morgan fingerprint density at radius 2 is 1.90 bits per heavy atom.